The van der Waals surface area contributed by atoms with Gasteiger partial charge in [-0.15, -0.1) is 0 Å². The number of nitrogens with zero attached hydrogens (tertiary/aromatic N) is 1. The molecule has 1 aliphatic rings. The molecule has 122 valence electrons. The lowest BCUT2D eigenvalue weighted by Crippen LogP contribution is -2.42. The van der Waals surface area contributed by atoms with E-state index in [9.17, 15) is 0 Å². The second-order valence-electron chi connectivity index (χ2n) is 6.51. The van der Waals surface area contributed by atoms with Crippen LogP contribution >= 0.6 is 12.2 Å². The van der Waals surface area contributed by atoms with Crippen LogP contribution in [0.25, 0.3) is 0 Å². The van der Waals surface area contributed by atoms with Gasteiger partial charge in [0.05, 0.1) is 0 Å². The van der Waals surface area contributed by atoms with Gasteiger partial charge in [-0.1, -0.05) is 32.8 Å². The van der Waals surface area contributed by atoms with Crippen LogP contribution in [0.1, 0.15) is 61.8 Å². The molecule has 1 fully saturated rings. The predicted octanol–water partition coefficient (Wildman–Crippen LogP) is 4.68. The van der Waals surface area contributed by atoms with E-state index in [0.717, 1.165) is 18.0 Å². The molecule has 0 aliphatic heterocycles. The summed E-state index contributed by atoms with van der Waals surface area (Å²) in [4.78, 5) is 2.21. The predicted molar refractivity (Wildman–Crippen MR) is 101 cm³/mol. The zero-order valence-electron chi connectivity index (χ0n) is 14.8. The van der Waals surface area contributed by atoms with E-state index in [4.69, 9.17) is 12.2 Å². The average molecular weight is 319 g/mol. The Morgan fingerprint density at radius 3 is 2.09 bits per heavy atom. The molecule has 2 rings (SSSR count). The Labute approximate surface area is 141 Å². The van der Waals surface area contributed by atoms with Crippen LogP contribution in [-0.2, 0) is 12.8 Å². The van der Waals surface area contributed by atoms with E-state index in [2.05, 4.69) is 51.0 Å². The molecule has 22 heavy (non-hydrogen) atoms. The Morgan fingerprint density at radius 2 is 1.64 bits per heavy atom. The summed E-state index contributed by atoms with van der Waals surface area (Å²) in [7, 11) is 2.12. The molecule has 0 radical (unpaired) electrons. The Hall–Kier alpha value is -1.09. The molecule has 0 bridgehead atoms. The van der Waals surface area contributed by atoms with Crippen LogP contribution in [0, 0.1) is 13.8 Å². The minimum absolute atomic E-state index is 0.566. The molecule has 1 aromatic carbocycles. The lowest BCUT2D eigenvalue weighted by Gasteiger charge is -2.30. The number of thiocarbonyl (C=S) groups is 1. The molecule has 0 amide bonds. The van der Waals surface area contributed by atoms with Gasteiger partial charge in [-0.05, 0) is 74.0 Å². The van der Waals surface area contributed by atoms with Crippen LogP contribution in [0.5, 0.6) is 0 Å². The first-order chi connectivity index (χ1) is 10.5. The van der Waals surface area contributed by atoms with Gasteiger partial charge in [0.2, 0.25) is 0 Å². The Morgan fingerprint density at radius 1 is 1.14 bits per heavy atom. The van der Waals surface area contributed by atoms with Gasteiger partial charge in [-0.3, -0.25) is 0 Å². The minimum Gasteiger partial charge on any atom is -0.360 e. The second-order valence-corrected chi connectivity index (χ2v) is 6.90. The fourth-order valence-electron chi connectivity index (χ4n) is 3.80. The van der Waals surface area contributed by atoms with Crippen molar-refractivity contribution in [3.63, 3.8) is 0 Å². The van der Waals surface area contributed by atoms with Gasteiger partial charge in [0.1, 0.15) is 0 Å². The van der Waals surface area contributed by atoms with Crippen LogP contribution in [0.3, 0.4) is 0 Å². The van der Waals surface area contributed by atoms with Crippen molar-refractivity contribution in [2.75, 3.05) is 11.9 Å². The third-order valence-electron chi connectivity index (χ3n) is 4.99. The van der Waals surface area contributed by atoms with Crippen molar-refractivity contribution in [3.05, 3.63) is 28.3 Å². The molecular formula is C19H30N2S. The van der Waals surface area contributed by atoms with Gasteiger partial charge >= 0.3 is 0 Å². The smallest absolute Gasteiger partial charge is 0.173 e. The molecule has 0 atom stereocenters. The highest BCUT2D eigenvalue weighted by Crippen LogP contribution is 2.32. The van der Waals surface area contributed by atoms with E-state index < -0.39 is 0 Å². The largest absolute Gasteiger partial charge is 0.360 e. The first kappa shape index (κ1) is 17.3. The van der Waals surface area contributed by atoms with Gasteiger partial charge in [0.15, 0.2) is 5.11 Å². The maximum atomic E-state index is 5.71. The molecule has 1 saturated carbocycles. The highest BCUT2D eigenvalue weighted by molar-refractivity contribution is 7.80. The van der Waals surface area contributed by atoms with Crippen molar-refractivity contribution in [3.8, 4) is 0 Å². The summed E-state index contributed by atoms with van der Waals surface area (Å²) in [5, 5.41) is 4.45. The first-order valence-electron chi connectivity index (χ1n) is 8.65. The van der Waals surface area contributed by atoms with Crippen LogP contribution < -0.4 is 10.2 Å². The zero-order chi connectivity index (χ0) is 16.3. The Bertz CT molecular complexity index is 517. The number of nitrogens with one attached hydrogen (secondary N) is 1. The molecule has 1 aromatic rings. The summed E-state index contributed by atoms with van der Waals surface area (Å²) in [5.74, 6) is 0. The molecule has 0 spiro atoms. The third-order valence-corrected chi connectivity index (χ3v) is 5.38. The van der Waals surface area contributed by atoms with Crippen molar-refractivity contribution < 1.29 is 0 Å². The van der Waals surface area contributed by atoms with E-state index >= 15 is 0 Å². The van der Waals surface area contributed by atoms with E-state index in [1.165, 1.54) is 53.6 Å². The monoisotopic (exact) mass is 318 g/mol. The van der Waals surface area contributed by atoms with Crippen LogP contribution in [-0.4, -0.2) is 18.2 Å². The topological polar surface area (TPSA) is 15.3 Å². The summed E-state index contributed by atoms with van der Waals surface area (Å²) in [6, 6.07) is 2.89. The van der Waals surface area contributed by atoms with E-state index in [0.29, 0.717) is 6.04 Å². The lowest BCUT2D eigenvalue weighted by molar-refractivity contribution is 0.630. The van der Waals surface area contributed by atoms with Gasteiger partial charge in [-0.25, -0.2) is 0 Å². The average Bonchev–Trinajstić information content (AvgIpc) is 2.98. The zero-order valence-corrected chi connectivity index (χ0v) is 15.6. The maximum absolute atomic E-state index is 5.71. The van der Waals surface area contributed by atoms with E-state index in [-0.39, 0.29) is 0 Å². The third kappa shape index (κ3) is 3.45. The van der Waals surface area contributed by atoms with Gasteiger partial charge in [0, 0.05) is 18.8 Å². The molecule has 3 heteroatoms. The van der Waals surface area contributed by atoms with Gasteiger partial charge in [-0.2, -0.15) is 0 Å². The highest BCUT2D eigenvalue weighted by atomic mass is 32.1. The fraction of sp³-hybridized carbons (Fsp3) is 0.632. The minimum atomic E-state index is 0.566. The number of hydrogen-bond donors (Lipinski definition) is 1. The van der Waals surface area contributed by atoms with Crippen molar-refractivity contribution in [1.29, 1.82) is 0 Å². The second kappa shape index (κ2) is 7.45. The quantitative estimate of drug-likeness (QED) is 0.811. The number of aryl methyl sites for hydroxylation is 2. The summed E-state index contributed by atoms with van der Waals surface area (Å²) in [6.45, 7) is 8.91. The molecule has 0 unspecified atom stereocenters. The first-order valence-corrected chi connectivity index (χ1v) is 9.06. The number of anilines is 1. The lowest BCUT2D eigenvalue weighted by atomic mass is 9.93. The maximum Gasteiger partial charge on any atom is 0.173 e. The summed E-state index contributed by atoms with van der Waals surface area (Å²) in [5.41, 5.74) is 6.95. The van der Waals surface area contributed by atoms with Crippen molar-refractivity contribution in [2.24, 2.45) is 0 Å². The molecular weight excluding hydrogens is 288 g/mol. The van der Waals surface area contributed by atoms with Crippen molar-refractivity contribution in [1.82, 2.24) is 5.32 Å². The van der Waals surface area contributed by atoms with Crippen LogP contribution in [0.4, 0.5) is 5.69 Å². The fourth-order valence-corrected chi connectivity index (χ4v) is 4.05. The summed E-state index contributed by atoms with van der Waals surface area (Å²) < 4.78 is 0. The molecule has 0 aromatic heterocycles. The molecule has 0 saturated heterocycles. The van der Waals surface area contributed by atoms with Crippen LogP contribution in [0.2, 0.25) is 0 Å². The highest BCUT2D eigenvalue weighted by Gasteiger charge is 2.21. The molecule has 0 heterocycles. The standard InChI is InChI=1S/C19H30N2S/c1-6-16-13(3)12-14(4)17(7-2)18(16)21(5)19(22)20-15-10-8-9-11-15/h12,15H,6-11H2,1-5H3,(H,20,22). The number of rotatable bonds is 4. The number of hydrogen-bond acceptors (Lipinski definition) is 1. The van der Waals surface area contributed by atoms with E-state index in [1.54, 1.807) is 0 Å². The van der Waals surface area contributed by atoms with Crippen molar-refractivity contribution >= 4 is 23.0 Å². The SMILES string of the molecule is CCc1c(C)cc(C)c(CC)c1N(C)C(=S)NC1CCCC1. The normalized spacial score (nSPS) is 15.1. The molecule has 2 nitrogen and oxygen atoms in total. The molecule has 1 aliphatic carbocycles. The Kier molecular flexibility index (Phi) is 5.85. The number of benzene rings is 1. The Balaban J connectivity index is 2.34. The van der Waals surface area contributed by atoms with Crippen molar-refractivity contribution in [2.45, 2.75) is 72.3 Å². The van der Waals surface area contributed by atoms with Gasteiger partial charge in [0.25, 0.3) is 0 Å². The molecule has 1 N–H and O–H groups in total. The van der Waals surface area contributed by atoms with Crippen LogP contribution in [0.15, 0.2) is 6.07 Å². The van der Waals surface area contributed by atoms with E-state index in [1.807, 2.05) is 0 Å². The summed E-state index contributed by atoms with van der Waals surface area (Å²) >= 11 is 5.71. The summed E-state index contributed by atoms with van der Waals surface area (Å²) in [6.07, 6.45) is 7.25. The van der Waals surface area contributed by atoms with Gasteiger partial charge < -0.3 is 10.2 Å².